The van der Waals surface area contributed by atoms with Gasteiger partial charge < -0.3 is 9.73 Å². The van der Waals surface area contributed by atoms with E-state index in [1.54, 1.807) is 30.7 Å². The van der Waals surface area contributed by atoms with Crippen LogP contribution in [-0.4, -0.2) is 35.6 Å². The summed E-state index contributed by atoms with van der Waals surface area (Å²) < 4.78 is 31.0. The molecule has 1 fully saturated rings. The molecule has 7 nitrogen and oxygen atoms in total. The lowest BCUT2D eigenvalue weighted by molar-refractivity contribution is 0.102. The maximum absolute atomic E-state index is 12.8. The number of furan rings is 1. The van der Waals surface area contributed by atoms with Gasteiger partial charge in [-0.15, -0.1) is 0 Å². The monoisotopic (exact) mass is 399 g/mol. The number of hydrogen-bond acceptors (Lipinski definition) is 5. The van der Waals surface area contributed by atoms with Gasteiger partial charge in [0.05, 0.1) is 28.8 Å². The molecular weight excluding hydrogens is 378 g/mol. The minimum Gasteiger partial charge on any atom is -0.466 e. The Hall–Kier alpha value is -2.87. The second-order valence-corrected chi connectivity index (χ2v) is 9.29. The van der Waals surface area contributed by atoms with E-state index in [4.69, 9.17) is 4.42 Å². The molecule has 1 N–H and O–H groups in total. The molecule has 1 amide bonds. The lowest BCUT2D eigenvalue weighted by Crippen LogP contribution is -2.19. The van der Waals surface area contributed by atoms with E-state index in [2.05, 4.69) is 10.4 Å². The van der Waals surface area contributed by atoms with Crippen LogP contribution in [0.25, 0.3) is 11.3 Å². The molecule has 1 saturated heterocycles. The first-order chi connectivity index (χ1) is 13.3. The highest BCUT2D eigenvalue weighted by Gasteiger charge is 2.32. The molecule has 8 heteroatoms. The van der Waals surface area contributed by atoms with Crippen LogP contribution in [0.2, 0.25) is 0 Å². The fourth-order valence-electron chi connectivity index (χ4n) is 3.52. The Morgan fingerprint density at radius 1 is 1.21 bits per heavy atom. The van der Waals surface area contributed by atoms with E-state index >= 15 is 0 Å². The molecule has 3 heterocycles. The Labute approximate surface area is 163 Å². The molecule has 2 aromatic heterocycles. The van der Waals surface area contributed by atoms with Crippen LogP contribution in [0, 0.1) is 13.8 Å². The zero-order chi connectivity index (χ0) is 19.9. The number of benzene rings is 1. The summed E-state index contributed by atoms with van der Waals surface area (Å²) in [5.41, 5.74) is 2.03. The quantitative estimate of drug-likeness (QED) is 0.726. The molecule has 146 valence electrons. The SMILES string of the molecule is Cc1cc(C(=O)Nc2cc(-c3ccccc3)nn2C2CCS(=O)(=O)C2)c(C)o1. The predicted octanol–water partition coefficient (Wildman–Crippen LogP) is 3.37. The summed E-state index contributed by atoms with van der Waals surface area (Å²) >= 11 is 0. The van der Waals surface area contributed by atoms with Gasteiger partial charge >= 0.3 is 0 Å². The first-order valence-corrected chi connectivity index (χ1v) is 10.9. The van der Waals surface area contributed by atoms with Gasteiger partial charge in [-0.25, -0.2) is 13.1 Å². The summed E-state index contributed by atoms with van der Waals surface area (Å²) in [4.78, 5) is 12.8. The number of carbonyl (C=O) groups excluding carboxylic acids is 1. The van der Waals surface area contributed by atoms with Gasteiger partial charge in [-0.2, -0.15) is 5.10 Å². The molecule has 0 saturated carbocycles. The molecular formula is C20H21N3O4S. The molecule has 0 radical (unpaired) electrons. The molecule has 28 heavy (non-hydrogen) atoms. The number of aryl methyl sites for hydroxylation is 2. The first-order valence-electron chi connectivity index (χ1n) is 9.06. The molecule has 1 aliphatic rings. The van der Waals surface area contributed by atoms with E-state index in [0.29, 0.717) is 35.0 Å². The summed E-state index contributed by atoms with van der Waals surface area (Å²) in [5, 5.41) is 7.50. The van der Waals surface area contributed by atoms with Crippen molar-refractivity contribution in [2.75, 3.05) is 16.8 Å². The van der Waals surface area contributed by atoms with Gasteiger partial charge in [-0.1, -0.05) is 30.3 Å². The summed E-state index contributed by atoms with van der Waals surface area (Å²) in [6.07, 6.45) is 0.477. The molecule has 1 aliphatic heterocycles. The molecule has 1 unspecified atom stereocenters. The zero-order valence-electron chi connectivity index (χ0n) is 15.7. The minimum atomic E-state index is -3.09. The highest BCUT2D eigenvalue weighted by Crippen LogP contribution is 2.30. The van der Waals surface area contributed by atoms with Gasteiger partial charge in [0.25, 0.3) is 5.91 Å². The molecule has 0 aliphatic carbocycles. The Bertz CT molecular complexity index is 1130. The molecule has 1 atom stereocenters. The fraction of sp³-hybridized carbons (Fsp3) is 0.300. The van der Waals surface area contributed by atoms with Crippen LogP contribution in [0.15, 0.2) is 46.9 Å². The standard InChI is InChI=1S/C20H21N3O4S/c1-13-10-17(14(2)27-13)20(24)21-19-11-18(15-6-4-3-5-7-15)22-23(19)16-8-9-28(25,26)12-16/h3-7,10-11,16H,8-9,12H2,1-2H3,(H,21,24). The van der Waals surface area contributed by atoms with Crippen molar-refractivity contribution in [1.29, 1.82) is 0 Å². The van der Waals surface area contributed by atoms with Crippen molar-refractivity contribution in [3.8, 4) is 11.3 Å². The van der Waals surface area contributed by atoms with Crippen molar-refractivity contribution in [2.24, 2.45) is 0 Å². The van der Waals surface area contributed by atoms with E-state index in [-0.39, 0.29) is 23.5 Å². The van der Waals surface area contributed by atoms with Gasteiger partial charge in [0.1, 0.15) is 17.3 Å². The lowest BCUT2D eigenvalue weighted by Gasteiger charge is -2.13. The Balaban J connectivity index is 1.71. The maximum atomic E-state index is 12.8. The van der Waals surface area contributed by atoms with Gasteiger partial charge in [0.2, 0.25) is 0 Å². The van der Waals surface area contributed by atoms with Gasteiger partial charge in [-0.05, 0) is 26.3 Å². The van der Waals surface area contributed by atoms with Crippen LogP contribution in [0.5, 0.6) is 0 Å². The predicted molar refractivity (Wildman–Crippen MR) is 106 cm³/mol. The molecule has 0 spiro atoms. The summed E-state index contributed by atoms with van der Waals surface area (Å²) in [6.45, 7) is 3.52. The number of nitrogens with one attached hydrogen (secondary N) is 1. The third kappa shape index (κ3) is 3.60. The molecule has 3 aromatic rings. The average Bonchev–Trinajstić information content (AvgIpc) is 3.32. The smallest absolute Gasteiger partial charge is 0.260 e. The van der Waals surface area contributed by atoms with E-state index in [1.165, 1.54) is 0 Å². The lowest BCUT2D eigenvalue weighted by atomic mass is 10.1. The Kier molecular flexibility index (Phi) is 4.58. The zero-order valence-corrected chi connectivity index (χ0v) is 16.5. The highest BCUT2D eigenvalue weighted by atomic mass is 32.2. The van der Waals surface area contributed by atoms with Crippen LogP contribution in [0.3, 0.4) is 0 Å². The maximum Gasteiger partial charge on any atom is 0.260 e. The number of nitrogens with zero attached hydrogens (tertiary/aromatic N) is 2. The number of anilines is 1. The molecule has 0 bridgehead atoms. The topological polar surface area (TPSA) is 94.2 Å². The first kappa shape index (κ1) is 18.5. The van der Waals surface area contributed by atoms with Gasteiger partial charge in [0.15, 0.2) is 9.84 Å². The minimum absolute atomic E-state index is 0.0234. The summed E-state index contributed by atoms with van der Waals surface area (Å²) in [6, 6.07) is 12.7. The second kappa shape index (κ2) is 6.94. The second-order valence-electron chi connectivity index (χ2n) is 7.06. The molecule has 4 rings (SSSR count). The van der Waals surface area contributed by atoms with E-state index in [0.717, 1.165) is 5.56 Å². The normalized spacial score (nSPS) is 18.3. The largest absolute Gasteiger partial charge is 0.466 e. The van der Waals surface area contributed by atoms with Crippen molar-refractivity contribution in [3.63, 3.8) is 0 Å². The summed E-state index contributed by atoms with van der Waals surface area (Å²) in [5.74, 6) is 1.51. The third-order valence-corrected chi connectivity index (χ3v) is 6.64. The van der Waals surface area contributed by atoms with E-state index in [1.807, 2.05) is 30.3 Å². The van der Waals surface area contributed by atoms with Crippen molar-refractivity contribution >= 4 is 21.6 Å². The van der Waals surface area contributed by atoms with Crippen molar-refractivity contribution in [3.05, 3.63) is 59.5 Å². The van der Waals surface area contributed by atoms with Crippen molar-refractivity contribution in [1.82, 2.24) is 9.78 Å². The Morgan fingerprint density at radius 3 is 2.57 bits per heavy atom. The van der Waals surface area contributed by atoms with Crippen LogP contribution in [0.4, 0.5) is 5.82 Å². The van der Waals surface area contributed by atoms with Crippen LogP contribution >= 0.6 is 0 Å². The number of sulfone groups is 1. The summed E-state index contributed by atoms with van der Waals surface area (Å²) in [7, 11) is -3.09. The number of carbonyl (C=O) groups is 1. The molecule has 1 aromatic carbocycles. The van der Waals surface area contributed by atoms with Crippen molar-refractivity contribution < 1.29 is 17.6 Å². The van der Waals surface area contributed by atoms with E-state index < -0.39 is 9.84 Å². The number of amides is 1. The third-order valence-electron chi connectivity index (χ3n) is 4.89. The van der Waals surface area contributed by atoms with Crippen LogP contribution < -0.4 is 5.32 Å². The average molecular weight is 399 g/mol. The Morgan fingerprint density at radius 2 is 1.96 bits per heavy atom. The number of aromatic nitrogens is 2. The number of rotatable bonds is 4. The fourth-order valence-corrected chi connectivity index (χ4v) is 5.22. The van der Waals surface area contributed by atoms with Gasteiger partial charge in [-0.3, -0.25) is 4.79 Å². The van der Waals surface area contributed by atoms with Crippen LogP contribution in [-0.2, 0) is 9.84 Å². The highest BCUT2D eigenvalue weighted by molar-refractivity contribution is 7.91. The van der Waals surface area contributed by atoms with Crippen LogP contribution in [0.1, 0.15) is 34.3 Å². The van der Waals surface area contributed by atoms with E-state index in [9.17, 15) is 13.2 Å². The number of hydrogen-bond donors (Lipinski definition) is 1. The van der Waals surface area contributed by atoms with Gasteiger partial charge in [0, 0.05) is 11.6 Å². The van der Waals surface area contributed by atoms with Crippen molar-refractivity contribution in [2.45, 2.75) is 26.3 Å².